The molecule has 0 saturated carbocycles. The normalized spacial score (nSPS) is 11.1. The second kappa shape index (κ2) is 9.04. The number of nitrogens with zero attached hydrogens (tertiary/aromatic N) is 4. The zero-order chi connectivity index (χ0) is 21.8. The standard InChI is InChI=1S/C24H27N5O2/c1-4-31-20-9-7-19(8-10-20)11-12-25-21(30)16-29-23-22(17(2)15-18(3)26-23)24(27-29)28-13-5-6-14-28/h5-10,13-15H,4,11-12,16H2,1-3H3,(H,25,30). The third kappa shape index (κ3) is 4.60. The molecule has 4 rings (SSSR count). The first-order valence-corrected chi connectivity index (χ1v) is 10.5. The minimum Gasteiger partial charge on any atom is -0.494 e. The molecule has 0 aliphatic rings. The maximum Gasteiger partial charge on any atom is 0.241 e. The van der Waals surface area contributed by atoms with E-state index in [1.54, 1.807) is 4.68 Å². The molecule has 0 fully saturated rings. The summed E-state index contributed by atoms with van der Waals surface area (Å²) in [6.45, 7) is 7.30. The van der Waals surface area contributed by atoms with Crippen molar-refractivity contribution >= 4 is 16.9 Å². The first-order valence-electron chi connectivity index (χ1n) is 10.5. The summed E-state index contributed by atoms with van der Waals surface area (Å²) in [5.41, 5.74) is 3.87. The van der Waals surface area contributed by atoms with Crippen molar-refractivity contribution in [2.75, 3.05) is 13.2 Å². The largest absolute Gasteiger partial charge is 0.494 e. The number of hydrogen-bond donors (Lipinski definition) is 1. The van der Waals surface area contributed by atoms with Crippen LogP contribution in [0.4, 0.5) is 0 Å². The monoisotopic (exact) mass is 417 g/mol. The SMILES string of the molecule is CCOc1ccc(CCNC(=O)Cn2nc(-n3cccc3)c3c(C)cc(C)nc32)cc1. The number of ether oxygens (including phenoxy) is 1. The molecule has 0 atom stereocenters. The molecule has 3 heterocycles. The molecule has 1 N–H and O–H groups in total. The number of rotatable bonds is 8. The molecule has 160 valence electrons. The number of aryl methyl sites for hydroxylation is 2. The van der Waals surface area contributed by atoms with Crippen LogP contribution < -0.4 is 10.1 Å². The molecule has 1 amide bonds. The average molecular weight is 418 g/mol. The van der Waals surface area contributed by atoms with Crippen LogP contribution in [-0.4, -0.2) is 38.4 Å². The fourth-order valence-corrected chi connectivity index (χ4v) is 3.72. The fourth-order valence-electron chi connectivity index (χ4n) is 3.72. The Labute approximate surface area is 181 Å². The van der Waals surface area contributed by atoms with E-state index in [1.807, 2.05) is 80.2 Å². The van der Waals surface area contributed by atoms with Gasteiger partial charge in [0.25, 0.3) is 0 Å². The van der Waals surface area contributed by atoms with Crippen molar-refractivity contribution in [3.8, 4) is 11.6 Å². The van der Waals surface area contributed by atoms with Crippen molar-refractivity contribution in [1.29, 1.82) is 0 Å². The number of aromatic nitrogens is 4. The number of carbonyl (C=O) groups excluding carboxylic acids is 1. The van der Waals surface area contributed by atoms with Gasteiger partial charge in [0.15, 0.2) is 11.5 Å². The maximum absolute atomic E-state index is 12.6. The molecule has 1 aromatic carbocycles. The molecule has 0 radical (unpaired) electrons. The molecular formula is C24H27N5O2. The molecule has 7 nitrogen and oxygen atoms in total. The van der Waals surface area contributed by atoms with Crippen molar-refractivity contribution in [3.05, 3.63) is 71.7 Å². The first-order chi connectivity index (χ1) is 15.0. The Kier molecular flexibility index (Phi) is 6.02. The van der Waals surface area contributed by atoms with Crippen LogP contribution in [0.2, 0.25) is 0 Å². The zero-order valence-electron chi connectivity index (χ0n) is 18.1. The summed E-state index contributed by atoms with van der Waals surface area (Å²) < 4.78 is 9.11. The zero-order valence-corrected chi connectivity index (χ0v) is 18.1. The number of nitrogens with one attached hydrogen (secondary N) is 1. The Morgan fingerprint density at radius 1 is 1.13 bits per heavy atom. The van der Waals surface area contributed by atoms with Gasteiger partial charge in [-0.25, -0.2) is 9.67 Å². The molecule has 0 spiro atoms. The Morgan fingerprint density at radius 3 is 2.58 bits per heavy atom. The van der Waals surface area contributed by atoms with Crippen LogP contribution in [0, 0.1) is 13.8 Å². The summed E-state index contributed by atoms with van der Waals surface area (Å²) in [5.74, 6) is 1.56. The number of carbonyl (C=O) groups is 1. The van der Waals surface area contributed by atoms with Crippen molar-refractivity contribution in [2.24, 2.45) is 0 Å². The smallest absolute Gasteiger partial charge is 0.241 e. The van der Waals surface area contributed by atoms with Crippen LogP contribution in [0.15, 0.2) is 54.9 Å². The van der Waals surface area contributed by atoms with Crippen LogP contribution in [0.5, 0.6) is 5.75 Å². The molecule has 31 heavy (non-hydrogen) atoms. The topological polar surface area (TPSA) is 74.0 Å². The summed E-state index contributed by atoms with van der Waals surface area (Å²) >= 11 is 0. The Balaban J connectivity index is 1.46. The fraction of sp³-hybridized carbons (Fsp3) is 0.292. The minimum absolute atomic E-state index is 0.0876. The highest BCUT2D eigenvalue weighted by molar-refractivity contribution is 5.88. The lowest BCUT2D eigenvalue weighted by Crippen LogP contribution is -2.29. The average Bonchev–Trinajstić information content (AvgIpc) is 3.38. The quantitative estimate of drug-likeness (QED) is 0.475. The minimum atomic E-state index is -0.0876. The molecular weight excluding hydrogens is 390 g/mol. The van der Waals surface area contributed by atoms with Gasteiger partial charge in [-0.1, -0.05) is 12.1 Å². The van der Waals surface area contributed by atoms with E-state index in [9.17, 15) is 4.79 Å². The highest BCUT2D eigenvalue weighted by Gasteiger charge is 2.17. The molecule has 0 aliphatic carbocycles. The third-order valence-corrected chi connectivity index (χ3v) is 5.12. The van der Waals surface area contributed by atoms with Crippen molar-refractivity contribution < 1.29 is 9.53 Å². The van der Waals surface area contributed by atoms with Crippen LogP contribution in [0.3, 0.4) is 0 Å². The number of amides is 1. The van der Waals surface area contributed by atoms with E-state index in [2.05, 4.69) is 10.3 Å². The number of pyridine rings is 1. The van der Waals surface area contributed by atoms with Gasteiger partial charge in [-0.3, -0.25) is 4.79 Å². The van der Waals surface area contributed by atoms with Gasteiger partial charge in [0, 0.05) is 24.6 Å². The Bertz CT molecular complexity index is 1180. The highest BCUT2D eigenvalue weighted by Crippen LogP contribution is 2.25. The van der Waals surface area contributed by atoms with Gasteiger partial charge in [0.05, 0.1) is 12.0 Å². The molecule has 0 aliphatic heterocycles. The van der Waals surface area contributed by atoms with Gasteiger partial charge >= 0.3 is 0 Å². The third-order valence-electron chi connectivity index (χ3n) is 5.12. The first kappa shape index (κ1) is 20.7. The van der Waals surface area contributed by atoms with Gasteiger partial charge in [-0.2, -0.15) is 5.10 Å². The van der Waals surface area contributed by atoms with Crippen LogP contribution in [0.1, 0.15) is 23.7 Å². The van der Waals surface area contributed by atoms with Crippen LogP contribution in [0.25, 0.3) is 16.9 Å². The molecule has 0 saturated heterocycles. The summed E-state index contributed by atoms with van der Waals surface area (Å²) in [7, 11) is 0. The van der Waals surface area contributed by atoms with Gasteiger partial charge in [0.1, 0.15) is 12.3 Å². The predicted molar refractivity (Wildman–Crippen MR) is 121 cm³/mol. The Morgan fingerprint density at radius 2 is 1.87 bits per heavy atom. The summed E-state index contributed by atoms with van der Waals surface area (Å²) in [6.07, 6.45) is 4.65. The molecule has 7 heteroatoms. The number of fused-ring (bicyclic) bond motifs is 1. The molecule has 0 bridgehead atoms. The van der Waals surface area contributed by atoms with Gasteiger partial charge in [0.2, 0.25) is 5.91 Å². The highest BCUT2D eigenvalue weighted by atomic mass is 16.5. The van der Waals surface area contributed by atoms with Crippen molar-refractivity contribution in [2.45, 2.75) is 33.7 Å². The summed E-state index contributed by atoms with van der Waals surface area (Å²) in [4.78, 5) is 17.3. The number of hydrogen-bond acceptors (Lipinski definition) is 4. The van der Waals surface area contributed by atoms with Crippen LogP contribution >= 0.6 is 0 Å². The predicted octanol–water partition coefficient (Wildman–Crippen LogP) is 3.60. The summed E-state index contributed by atoms with van der Waals surface area (Å²) in [5, 5.41) is 8.66. The van der Waals surface area contributed by atoms with E-state index in [0.717, 1.165) is 45.8 Å². The Hall–Kier alpha value is -3.61. The van der Waals surface area contributed by atoms with Crippen molar-refractivity contribution in [1.82, 2.24) is 24.6 Å². The second-order valence-corrected chi connectivity index (χ2v) is 7.53. The van der Waals surface area contributed by atoms with E-state index < -0.39 is 0 Å². The summed E-state index contributed by atoms with van der Waals surface area (Å²) in [6, 6.07) is 13.9. The van der Waals surface area contributed by atoms with Gasteiger partial charge in [-0.15, -0.1) is 0 Å². The number of benzene rings is 1. The van der Waals surface area contributed by atoms with E-state index in [-0.39, 0.29) is 12.5 Å². The van der Waals surface area contributed by atoms with Gasteiger partial charge < -0.3 is 14.6 Å². The van der Waals surface area contributed by atoms with E-state index >= 15 is 0 Å². The van der Waals surface area contributed by atoms with E-state index in [4.69, 9.17) is 9.84 Å². The lowest BCUT2D eigenvalue weighted by atomic mass is 10.1. The molecule has 3 aromatic heterocycles. The van der Waals surface area contributed by atoms with Gasteiger partial charge in [-0.05, 0) is 68.7 Å². The van der Waals surface area contributed by atoms with E-state index in [1.165, 1.54) is 0 Å². The second-order valence-electron chi connectivity index (χ2n) is 7.53. The lowest BCUT2D eigenvalue weighted by Gasteiger charge is -2.08. The molecule has 0 unspecified atom stereocenters. The van der Waals surface area contributed by atoms with Crippen molar-refractivity contribution in [3.63, 3.8) is 0 Å². The van der Waals surface area contributed by atoms with Crippen LogP contribution in [-0.2, 0) is 17.8 Å². The molecule has 4 aromatic rings. The lowest BCUT2D eigenvalue weighted by molar-refractivity contribution is -0.121. The maximum atomic E-state index is 12.6. The van der Waals surface area contributed by atoms with E-state index in [0.29, 0.717) is 13.2 Å².